The number of carbonyl (C=O) groups excluding carboxylic acids is 3. The number of amides is 2. The lowest BCUT2D eigenvalue weighted by Gasteiger charge is -2.10. The molecule has 0 unspecified atom stereocenters. The number of thiol groups is 1. The SMILES string of the molecule is COCC(=O)NCCOCCOCC(=O)C[C@H](CS)C(N)=O. The molecule has 0 aliphatic rings. The molecule has 0 aliphatic carbocycles. The molecule has 0 bridgehead atoms. The van der Waals surface area contributed by atoms with E-state index in [0.29, 0.717) is 19.8 Å². The fourth-order valence-electron chi connectivity index (χ4n) is 1.44. The van der Waals surface area contributed by atoms with Crippen molar-refractivity contribution < 1.29 is 28.6 Å². The van der Waals surface area contributed by atoms with Crippen molar-refractivity contribution in [3.05, 3.63) is 0 Å². The van der Waals surface area contributed by atoms with Crippen LogP contribution in [0.15, 0.2) is 0 Å². The second kappa shape index (κ2) is 13.5. The van der Waals surface area contributed by atoms with Gasteiger partial charge in [-0.1, -0.05) is 0 Å². The average Bonchev–Trinajstić information content (AvgIpc) is 2.47. The molecular formula is C13H24N2O6S. The van der Waals surface area contributed by atoms with Crippen molar-refractivity contribution in [2.75, 3.05) is 52.4 Å². The summed E-state index contributed by atoms with van der Waals surface area (Å²) in [7, 11) is 1.44. The number of ketones is 1. The molecule has 22 heavy (non-hydrogen) atoms. The lowest BCUT2D eigenvalue weighted by atomic mass is 10.0. The van der Waals surface area contributed by atoms with E-state index in [1.165, 1.54) is 7.11 Å². The summed E-state index contributed by atoms with van der Waals surface area (Å²) in [5, 5.41) is 2.60. The normalized spacial score (nSPS) is 11.9. The van der Waals surface area contributed by atoms with E-state index in [4.69, 9.17) is 15.2 Å². The predicted octanol–water partition coefficient (Wildman–Crippen LogP) is -1.23. The number of hydrogen-bond donors (Lipinski definition) is 3. The van der Waals surface area contributed by atoms with E-state index in [2.05, 4.69) is 22.7 Å². The van der Waals surface area contributed by atoms with Gasteiger partial charge in [-0.05, 0) is 0 Å². The molecule has 0 fully saturated rings. The number of nitrogens with two attached hydrogens (primary N) is 1. The van der Waals surface area contributed by atoms with Crippen molar-refractivity contribution in [2.45, 2.75) is 6.42 Å². The van der Waals surface area contributed by atoms with Crippen LogP contribution < -0.4 is 11.1 Å². The maximum Gasteiger partial charge on any atom is 0.246 e. The third-order valence-electron chi connectivity index (χ3n) is 2.58. The topological polar surface area (TPSA) is 117 Å². The summed E-state index contributed by atoms with van der Waals surface area (Å²) in [4.78, 5) is 33.5. The van der Waals surface area contributed by atoms with Gasteiger partial charge in [0.05, 0.1) is 25.7 Å². The molecule has 0 saturated carbocycles. The van der Waals surface area contributed by atoms with Crippen molar-refractivity contribution >= 4 is 30.2 Å². The number of Topliss-reactive ketones (excluding diaryl/α,β-unsaturated/α-hetero) is 1. The Morgan fingerprint density at radius 3 is 2.41 bits per heavy atom. The average molecular weight is 336 g/mol. The second-order valence-electron chi connectivity index (χ2n) is 4.47. The minimum Gasteiger partial charge on any atom is -0.377 e. The van der Waals surface area contributed by atoms with Gasteiger partial charge in [0.1, 0.15) is 13.2 Å². The van der Waals surface area contributed by atoms with Gasteiger partial charge in [-0.15, -0.1) is 0 Å². The number of ether oxygens (including phenoxy) is 3. The van der Waals surface area contributed by atoms with Crippen molar-refractivity contribution in [1.82, 2.24) is 5.32 Å². The smallest absolute Gasteiger partial charge is 0.246 e. The van der Waals surface area contributed by atoms with Crippen molar-refractivity contribution in [3.8, 4) is 0 Å². The Kier molecular flexibility index (Phi) is 12.8. The molecule has 0 aliphatic heterocycles. The zero-order valence-corrected chi connectivity index (χ0v) is 13.6. The van der Waals surface area contributed by atoms with E-state index in [0.717, 1.165) is 0 Å². The van der Waals surface area contributed by atoms with Gasteiger partial charge in [0.2, 0.25) is 11.8 Å². The van der Waals surface area contributed by atoms with Crippen LogP contribution in [0.1, 0.15) is 6.42 Å². The number of primary amides is 1. The van der Waals surface area contributed by atoms with Gasteiger partial charge in [-0.25, -0.2) is 0 Å². The van der Waals surface area contributed by atoms with Crippen LogP contribution in [0, 0.1) is 5.92 Å². The molecule has 0 aromatic heterocycles. The molecule has 9 heteroatoms. The van der Waals surface area contributed by atoms with Gasteiger partial charge < -0.3 is 25.3 Å². The third kappa shape index (κ3) is 11.5. The molecule has 0 heterocycles. The summed E-state index contributed by atoms with van der Waals surface area (Å²) < 4.78 is 15.0. The fourth-order valence-corrected chi connectivity index (χ4v) is 1.75. The first-order valence-corrected chi connectivity index (χ1v) is 7.47. The Bertz CT molecular complexity index is 353. The molecule has 0 spiro atoms. The lowest BCUT2D eigenvalue weighted by Crippen LogP contribution is -2.30. The summed E-state index contributed by atoms with van der Waals surface area (Å²) in [6, 6.07) is 0. The summed E-state index contributed by atoms with van der Waals surface area (Å²) >= 11 is 3.96. The predicted molar refractivity (Wildman–Crippen MR) is 82.7 cm³/mol. The Balaban J connectivity index is 3.47. The second-order valence-corrected chi connectivity index (χ2v) is 4.84. The highest BCUT2D eigenvalue weighted by atomic mass is 32.1. The van der Waals surface area contributed by atoms with Crippen LogP contribution in [0.4, 0.5) is 0 Å². The zero-order valence-electron chi connectivity index (χ0n) is 12.7. The van der Waals surface area contributed by atoms with Crippen LogP contribution in [0.5, 0.6) is 0 Å². The van der Waals surface area contributed by atoms with Crippen molar-refractivity contribution in [2.24, 2.45) is 11.7 Å². The minimum atomic E-state index is -0.564. The first kappa shape index (κ1) is 20.8. The Labute approximate surface area is 135 Å². The maximum atomic E-state index is 11.5. The maximum absolute atomic E-state index is 11.5. The van der Waals surface area contributed by atoms with E-state index < -0.39 is 11.8 Å². The van der Waals surface area contributed by atoms with Crippen molar-refractivity contribution in [3.63, 3.8) is 0 Å². The largest absolute Gasteiger partial charge is 0.377 e. The van der Waals surface area contributed by atoms with E-state index in [9.17, 15) is 14.4 Å². The van der Waals surface area contributed by atoms with Gasteiger partial charge in [-0.2, -0.15) is 12.6 Å². The third-order valence-corrected chi connectivity index (χ3v) is 3.02. The molecule has 128 valence electrons. The van der Waals surface area contributed by atoms with E-state index in [1.807, 2.05) is 0 Å². The Hall–Kier alpha value is -1.16. The van der Waals surface area contributed by atoms with Crippen LogP contribution in [0.3, 0.4) is 0 Å². The van der Waals surface area contributed by atoms with Crippen LogP contribution in [-0.2, 0) is 28.6 Å². The monoisotopic (exact) mass is 336 g/mol. The van der Waals surface area contributed by atoms with E-state index in [1.54, 1.807) is 0 Å². The van der Waals surface area contributed by atoms with E-state index >= 15 is 0 Å². The zero-order chi connectivity index (χ0) is 16.8. The highest BCUT2D eigenvalue weighted by Crippen LogP contribution is 2.05. The molecule has 0 radical (unpaired) electrons. The summed E-state index contributed by atoms with van der Waals surface area (Å²) in [5.41, 5.74) is 5.12. The van der Waals surface area contributed by atoms with Gasteiger partial charge in [0.25, 0.3) is 0 Å². The summed E-state index contributed by atoms with van der Waals surface area (Å²) in [6.07, 6.45) is 0.0330. The standard InChI is InChI=1S/C13H24N2O6S/c1-19-8-12(17)15-2-3-20-4-5-21-7-11(16)6-10(9-22)13(14)18/h10,22H,2-9H2,1H3,(H2,14,18)(H,15,17)/t10-/m1/s1. The Morgan fingerprint density at radius 2 is 1.82 bits per heavy atom. The summed E-state index contributed by atoms with van der Waals surface area (Å²) in [5.74, 6) is -1.28. The van der Waals surface area contributed by atoms with Crippen LogP contribution >= 0.6 is 12.6 Å². The molecule has 0 aromatic carbocycles. The number of methoxy groups -OCH3 is 1. The molecule has 0 aromatic rings. The first-order chi connectivity index (χ1) is 10.5. The molecule has 0 saturated heterocycles. The molecule has 1 atom stereocenters. The first-order valence-electron chi connectivity index (χ1n) is 6.84. The van der Waals surface area contributed by atoms with E-state index in [-0.39, 0.29) is 43.7 Å². The fraction of sp³-hybridized carbons (Fsp3) is 0.769. The summed E-state index contributed by atoms with van der Waals surface area (Å²) in [6.45, 7) is 1.20. The number of nitrogens with one attached hydrogen (secondary N) is 1. The molecule has 8 nitrogen and oxygen atoms in total. The molecule has 0 rings (SSSR count). The van der Waals surface area contributed by atoms with Gasteiger partial charge in [-0.3, -0.25) is 14.4 Å². The molecule has 3 N–H and O–H groups in total. The molecular weight excluding hydrogens is 312 g/mol. The number of rotatable bonds is 14. The highest BCUT2D eigenvalue weighted by Gasteiger charge is 2.17. The van der Waals surface area contributed by atoms with Crippen LogP contribution in [0.25, 0.3) is 0 Å². The highest BCUT2D eigenvalue weighted by molar-refractivity contribution is 7.80. The Morgan fingerprint density at radius 1 is 1.14 bits per heavy atom. The minimum absolute atomic E-state index is 0.0177. The quantitative estimate of drug-likeness (QED) is 0.270. The van der Waals surface area contributed by atoms with Gasteiger partial charge in [0, 0.05) is 25.8 Å². The number of carbonyl (C=O) groups is 3. The van der Waals surface area contributed by atoms with Crippen molar-refractivity contribution in [1.29, 1.82) is 0 Å². The van der Waals surface area contributed by atoms with Gasteiger partial charge in [0.15, 0.2) is 5.78 Å². The number of hydrogen-bond acceptors (Lipinski definition) is 7. The lowest BCUT2D eigenvalue weighted by molar-refractivity contribution is -0.129. The van der Waals surface area contributed by atoms with Crippen LogP contribution in [-0.4, -0.2) is 70.0 Å². The van der Waals surface area contributed by atoms with Gasteiger partial charge >= 0.3 is 0 Å². The molecule has 2 amide bonds. The van der Waals surface area contributed by atoms with Crippen LogP contribution in [0.2, 0.25) is 0 Å².